The van der Waals surface area contributed by atoms with Crippen molar-refractivity contribution in [2.75, 3.05) is 31.1 Å². The van der Waals surface area contributed by atoms with Crippen molar-refractivity contribution < 1.29 is 0 Å². The van der Waals surface area contributed by atoms with Crippen molar-refractivity contribution in [3.8, 4) is 6.07 Å². The third-order valence-corrected chi connectivity index (χ3v) is 5.41. The molecule has 3 nitrogen and oxygen atoms in total. The second-order valence-corrected chi connectivity index (χ2v) is 6.48. The van der Waals surface area contributed by atoms with Gasteiger partial charge in [0.1, 0.15) is 6.07 Å². The minimum absolute atomic E-state index is 0.484. The maximum Gasteiger partial charge on any atom is 0.101 e. The molecule has 2 fully saturated rings. The normalized spacial score (nSPS) is 21.1. The first-order valence-corrected chi connectivity index (χ1v) is 7.68. The van der Waals surface area contributed by atoms with Gasteiger partial charge in [0.05, 0.1) is 10.6 Å². The molecule has 2 saturated heterocycles. The van der Waals surface area contributed by atoms with E-state index in [9.17, 15) is 0 Å². The van der Waals surface area contributed by atoms with Gasteiger partial charge in [-0.3, -0.25) is 0 Å². The molecule has 1 N–H and O–H groups in total. The highest BCUT2D eigenvalue weighted by Crippen LogP contribution is 2.42. The maximum atomic E-state index is 9.04. The number of benzene rings is 1. The third-order valence-electron chi connectivity index (χ3n) is 4.92. The SMILES string of the molecule is Cc1c(N2CCC3(CCNCC3)C2)ccc(C#N)c1Cl. The minimum Gasteiger partial charge on any atom is -0.371 e. The van der Waals surface area contributed by atoms with Crippen LogP contribution in [0, 0.1) is 23.7 Å². The number of hydrogen-bond donors (Lipinski definition) is 1. The van der Waals surface area contributed by atoms with E-state index in [-0.39, 0.29) is 0 Å². The van der Waals surface area contributed by atoms with Gasteiger partial charge in [0.2, 0.25) is 0 Å². The van der Waals surface area contributed by atoms with Crippen LogP contribution in [-0.4, -0.2) is 26.2 Å². The van der Waals surface area contributed by atoms with E-state index >= 15 is 0 Å². The van der Waals surface area contributed by atoms with Gasteiger partial charge in [-0.25, -0.2) is 0 Å². The highest BCUT2D eigenvalue weighted by atomic mass is 35.5. The Labute approximate surface area is 125 Å². The molecule has 106 valence electrons. The second-order valence-electron chi connectivity index (χ2n) is 6.10. The Kier molecular flexibility index (Phi) is 3.62. The molecule has 2 heterocycles. The summed E-state index contributed by atoms with van der Waals surface area (Å²) in [5, 5.41) is 13.1. The average Bonchev–Trinajstić information content (AvgIpc) is 2.86. The van der Waals surface area contributed by atoms with Crippen molar-refractivity contribution in [2.24, 2.45) is 5.41 Å². The maximum absolute atomic E-state index is 9.04. The molecule has 0 saturated carbocycles. The fraction of sp³-hybridized carbons (Fsp3) is 0.562. The van der Waals surface area contributed by atoms with Crippen molar-refractivity contribution in [3.05, 3.63) is 28.3 Å². The van der Waals surface area contributed by atoms with Crippen LogP contribution < -0.4 is 10.2 Å². The first-order chi connectivity index (χ1) is 9.65. The molecule has 0 aliphatic carbocycles. The molecule has 0 bridgehead atoms. The van der Waals surface area contributed by atoms with Crippen LogP contribution in [0.15, 0.2) is 12.1 Å². The molecule has 1 aromatic rings. The Hall–Kier alpha value is -1.24. The number of halogens is 1. The molecule has 1 spiro atoms. The molecule has 0 aromatic heterocycles. The summed E-state index contributed by atoms with van der Waals surface area (Å²) in [5.74, 6) is 0. The van der Waals surface area contributed by atoms with Crippen LogP contribution in [0.3, 0.4) is 0 Å². The molecule has 20 heavy (non-hydrogen) atoms. The molecule has 0 amide bonds. The monoisotopic (exact) mass is 289 g/mol. The van der Waals surface area contributed by atoms with Crippen LogP contribution in [0.4, 0.5) is 5.69 Å². The van der Waals surface area contributed by atoms with Gasteiger partial charge < -0.3 is 10.2 Å². The Morgan fingerprint density at radius 2 is 2.05 bits per heavy atom. The van der Waals surface area contributed by atoms with E-state index in [1.54, 1.807) is 0 Å². The van der Waals surface area contributed by atoms with E-state index in [0.717, 1.165) is 31.7 Å². The fourth-order valence-corrected chi connectivity index (χ4v) is 3.81. The summed E-state index contributed by atoms with van der Waals surface area (Å²) in [5.41, 5.74) is 3.29. The van der Waals surface area contributed by atoms with Crippen LogP contribution in [0.2, 0.25) is 5.02 Å². The number of hydrogen-bond acceptors (Lipinski definition) is 3. The zero-order valence-corrected chi connectivity index (χ0v) is 12.6. The van der Waals surface area contributed by atoms with Crippen molar-refractivity contribution in [1.29, 1.82) is 5.26 Å². The Morgan fingerprint density at radius 1 is 1.30 bits per heavy atom. The largest absolute Gasteiger partial charge is 0.371 e. The standard InChI is InChI=1S/C16H20ClN3/c1-12-14(3-2-13(10-18)15(12)17)20-9-6-16(11-20)4-7-19-8-5-16/h2-3,19H,4-9,11H2,1H3. The smallest absolute Gasteiger partial charge is 0.101 e. The lowest BCUT2D eigenvalue weighted by Gasteiger charge is -2.34. The van der Waals surface area contributed by atoms with Gasteiger partial charge >= 0.3 is 0 Å². The van der Waals surface area contributed by atoms with Crippen molar-refractivity contribution in [1.82, 2.24) is 5.32 Å². The summed E-state index contributed by atoms with van der Waals surface area (Å²) in [6.45, 7) is 6.52. The Morgan fingerprint density at radius 3 is 2.75 bits per heavy atom. The summed E-state index contributed by atoms with van der Waals surface area (Å²) < 4.78 is 0. The van der Waals surface area contributed by atoms with E-state index in [0.29, 0.717) is 16.0 Å². The highest BCUT2D eigenvalue weighted by Gasteiger charge is 2.39. The van der Waals surface area contributed by atoms with E-state index < -0.39 is 0 Å². The van der Waals surface area contributed by atoms with E-state index in [1.165, 1.54) is 24.9 Å². The summed E-state index contributed by atoms with van der Waals surface area (Å²) >= 11 is 6.30. The number of nitrogens with one attached hydrogen (secondary N) is 1. The van der Waals surface area contributed by atoms with Gasteiger partial charge in [-0.15, -0.1) is 0 Å². The molecule has 2 aliphatic rings. The van der Waals surface area contributed by atoms with Crippen molar-refractivity contribution >= 4 is 17.3 Å². The number of anilines is 1. The Bertz CT molecular complexity index is 556. The molecule has 0 unspecified atom stereocenters. The topological polar surface area (TPSA) is 39.1 Å². The van der Waals surface area contributed by atoms with Gasteiger partial charge in [-0.1, -0.05) is 11.6 Å². The molecule has 4 heteroatoms. The first-order valence-electron chi connectivity index (χ1n) is 7.30. The number of nitriles is 1. The second kappa shape index (κ2) is 5.27. The highest BCUT2D eigenvalue weighted by molar-refractivity contribution is 6.32. The summed E-state index contributed by atoms with van der Waals surface area (Å²) in [6.07, 6.45) is 3.81. The van der Waals surface area contributed by atoms with Crippen LogP contribution in [0.5, 0.6) is 0 Å². The lowest BCUT2D eigenvalue weighted by Crippen LogP contribution is -2.38. The summed E-state index contributed by atoms with van der Waals surface area (Å²) in [4.78, 5) is 2.45. The van der Waals surface area contributed by atoms with E-state index in [2.05, 4.69) is 22.4 Å². The van der Waals surface area contributed by atoms with Gasteiger partial charge in [0.25, 0.3) is 0 Å². The molecule has 1 aromatic carbocycles. The number of nitrogens with zero attached hydrogens (tertiary/aromatic N) is 2. The molecule has 0 atom stereocenters. The summed E-state index contributed by atoms with van der Waals surface area (Å²) in [7, 11) is 0. The number of piperidine rings is 1. The molecule has 2 aliphatic heterocycles. The zero-order valence-electron chi connectivity index (χ0n) is 11.9. The van der Waals surface area contributed by atoms with Crippen LogP contribution in [0.25, 0.3) is 0 Å². The van der Waals surface area contributed by atoms with Gasteiger partial charge in [0.15, 0.2) is 0 Å². The Balaban J connectivity index is 1.85. The van der Waals surface area contributed by atoms with Crippen LogP contribution >= 0.6 is 11.6 Å². The molecular weight excluding hydrogens is 270 g/mol. The minimum atomic E-state index is 0.484. The predicted octanol–water partition coefficient (Wildman–Crippen LogP) is 3.10. The van der Waals surface area contributed by atoms with Crippen LogP contribution in [0.1, 0.15) is 30.4 Å². The van der Waals surface area contributed by atoms with Crippen molar-refractivity contribution in [3.63, 3.8) is 0 Å². The average molecular weight is 290 g/mol. The number of rotatable bonds is 1. The quantitative estimate of drug-likeness (QED) is 0.863. The molecule has 0 radical (unpaired) electrons. The van der Waals surface area contributed by atoms with Crippen LogP contribution in [-0.2, 0) is 0 Å². The van der Waals surface area contributed by atoms with E-state index in [4.69, 9.17) is 16.9 Å². The molecular formula is C16H20ClN3. The molecule has 3 rings (SSSR count). The predicted molar refractivity (Wildman–Crippen MR) is 82.3 cm³/mol. The van der Waals surface area contributed by atoms with Crippen molar-refractivity contribution in [2.45, 2.75) is 26.2 Å². The van der Waals surface area contributed by atoms with Gasteiger partial charge in [-0.05, 0) is 62.4 Å². The third kappa shape index (κ3) is 2.28. The van der Waals surface area contributed by atoms with Gasteiger partial charge in [0, 0.05) is 18.8 Å². The van der Waals surface area contributed by atoms with Gasteiger partial charge in [-0.2, -0.15) is 5.26 Å². The lowest BCUT2D eigenvalue weighted by atomic mass is 9.78. The fourth-order valence-electron chi connectivity index (χ4n) is 3.61. The summed E-state index contributed by atoms with van der Waals surface area (Å²) in [6, 6.07) is 6.05. The van der Waals surface area contributed by atoms with E-state index in [1.807, 2.05) is 13.0 Å². The zero-order chi connectivity index (χ0) is 14.2. The first kappa shape index (κ1) is 13.7. The lowest BCUT2D eigenvalue weighted by molar-refractivity contribution is 0.232.